The molecule has 25 heavy (non-hydrogen) atoms. The van der Waals surface area contributed by atoms with Gasteiger partial charge in [0.15, 0.2) is 22.2 Å². The Labute approximate surface area is 151 Å². The van der Waals surface area contributed by atoms with Crippen molar-refractivity contribution in [2.24, 2.45) is 0 Å². The summed E-state index contributed by atoms with van der Waals surface area (Å²) in [5.74, 6) is -1.61. The monoisotopic (exact) mass is 380 g/mol. The summed E-state index contributed by atoms with van der Waals surface area (Å²) < 4.78 is 28.3. The summed E-state index contributed by atoms with van der Waals surface area (Å²) in [6.07, 6.45) is 0. The van der Waals surface area contributed by atoms with Gasteiger partial charge in [-0.25, -0.2) is 8.78 Å². The normalized spacial score (nSPS) is 12.1. The predicted octanol–water partition coefficient (Wildman–Crippen LogP) is 3.82. The third-order valence-electron chi connectivity index (χ3n) is 3.62. The van der Waals surface area contributed by atoms with Crippen LogP contribution >= 0.6 is 23.6 Å². The van der Waals surface area contributed by atoms with Gasteiger partial charge in [-0.1, -0.05) is 12.1 Å². The van der Waals surface area contributed by atoms with Crippen molar-refractivity contribution >= 4 is 29.5 Å². The summed E-state index contributed by atoms with van der Waals surface area (Å²) in [5.41, 5.74) is 0.474. The molecule has 1 aromatic carbocycles. The summed E-state index contributed by atoms with van der Waals surface area (Å²) in [6.45, 7) is 1.66. The van der Waals surface area contributed by atoms with Crippen LogP contribution in [0, 0.1) is 16.4 Å². The van der Waals surface area contributed by atoms with E-state index >= 15 is 0 Å². The topological polar surface area (TPSA) is 62.7 Å². The highest BCUT2D eigenvalue weighted by molar-refractivity contribution is 7.71. The number of thiophene rings is 1. The number of nitrogens with zero attached hydrogens (tertiary/aromatic N) is 2. The minimum Gasteiger partial charge on any atom is -0.348 e. The fraction of sp³-hybridized carbons (Fsp3) is 0.188. The van der Waals surface area contributed by atoms with Gasteiger partial charge < -0.3 is 5.32 Å². The lowest BCUT2D eigenvalue weighted by Gasteiger charge is -2.15. The molecule has 1 atom stereocenters. The van der Waals surface area contributed by atoms with Crippen molar-refractivity contribution in [3.63, 3.8) is 0 Å². The molecule has 1 amide bonds. The van der Waals surface area contributed by atoms with Gasteiger partial charge in [0.2, 0.25) is 5.91 Å². The maximum absolute atomic E-state index is 13.3. The van der Waals surface area contributed by atoms with Crippen molar-refractivity contribution < 1.29 is 13.6 Å². The number of H-pyrrole nitrogens is 1. The summed E-state index contributed by atoms with van der Waals surface area (Å²) in [7, 11) is 0. The van der Waals surface area contributed by atoms with Crippen molar-refractivity contribution in [3.05, 3.63) is 57.7 Å². The van der Waals surface area contributed by atoms with Gasteiger partial charge in [0, 0.05) is 0 Å². The van der Waals surface area contributed by atoms with Crippen molar-refractivity contribution in [1.29, 1.82) is 0 Å². The Morgan fingerprint density at radius 1 is 1.40 bits per heavy atom. The average molecular weight is 380 g/mol. The lowest BCUT2D eigenvalue weighted by Crippen LogP contribution is -2.30. The number of aromatic amines is 1. The van der Waals surface area contributed by atoms with Gasteiger partial charge >= 0.3 is 0 Å². The number of carbonyl (C=O) groups is 1. The molecule has 2 N–H and O–H groups in total. The van der Waals surface area contributed by atoms with Crippen LogP contribution in [0.1, 0.15) is 18.5 Å². The Morgan fingerprint density at radius 3 is 2.88 bits per heavy atom. The molecule has 0 fully saturated rings. The number of halogens is 2. The fourth-order valence-electron chi connectivity index (χ4n) is 2.35. The zero-order valence-corrected chi connectivity index (χ0v) is 14.8. The van der Waals surface area contributed by atoms with Crippen molar-refractivity contribution in [2.75, 3.05) is 0 Å². The molecule has 0 saturated heterocycles. The standard InChI is InChI=1S/C16H14F2N4OS2/c1-9(10-4-5-11(17)12(18)7-10)19-14(23)8-22-15(20-21-16(22)24)13-3-2-6-25-13/h2-7,9H,8H2,1H3,(H,19,23)(H,21,24)/t9-/m1/s1. The second kappa shape index (κ2) is 7.24. The average Bonchev–Trinajstić information content (AvgIpc) is 3.21. The molecule has 0 radical (unpaired) electrons. The Kier molecular flexibility index (Phi) is 5.05. The van der Waals surface area contributed by atoms with Crippen LogP contribution in [0.15, 0.2) is 35.7 Å². The summed E-state index contributed by atoms with van der Waals surface area (Å²) >= 11 is 6.67. The number of hydrogen-bond acceptors (Lipinski definition) is 4. The van der Waals surface area contributed by atoms with Crippen LogP contribution < -0.4 is 5.32 Å². The third-order valence-corrected chi connectivity index (χ3v) is 4.80. The quantitative estimate of drug-likeness (QED) is 0.662. The summed E-state index contributed by atoms with van der Waals surface area (Å²) in [4.78, 5) is 13.2. The number of aromatic nitrogens is 3. The van der Waals surface area contributed by atoms with E-state index in [4.69, 9.17) is 12.2 Å². The molecule has 5 nitrogen and oxygen atoms in total. The summed E-state index contributed by atoms with van der Waals surface area (Å²) in [6, 6.07) is 6.83. The Morgan fingerprint density at radius 2 is 2.20 bits per heavy atom. The van der Waals surface area contributed by atoms with E-state index < -0.39 is 17.7 Å². The molecule has 0 bridgehead atoms. The van der Waals surface area contributed by atoms with Crippen molar-refractivity contribution in [1.82, 2.24) is 20.1 Å². The lowest BCUT2D eigenvalue weighted by molar-refractivity contribution is -0.122. The van der Waals surface area contributed by atoms with Gasteiger partial charge in [-0.3, -0.25) is 14.5 Å². The first-order valence-electron chi connectivity index (χ1n) is 7.39. The third kappa shape index (κ3) is 3.83. The van der Waals surface area contributed by atoms with Crippen LogP contribution in [0.4, 0.5) is 8.78 Å². The molecular formula is C16H14F2N4OS2. The van der Waals surface area contributed by atoms with Crippen LogP contribution in [-0.2, 0) is 11.3 Å². The van der Waals surface area contributed by atoms with Crippen LogP contribution in [0.5, 0.6) is 0 Å². The van der Waals surface area contributed by atoms with Gasteiger partial charge in [-0.05, 0) is 48.3 Å². The minimum absolute atomic E-state index is 0.0312. The molecule has 130 valence electrons. The molecule has 0 saturated carbocycles. The number of hydrogen-bond donors (Lipinski definition) is 2. The van der Waals surface area contributed by atoms with E-state index in [0.717, 1.165) is 17.0 Å². The van der Waals surface area contributed by atoms with Gasteiger partial charge in [0.25, 0.3) is 0 Å². The molecule has 0 spiro atoms. The van der Waals surface area contributed by atoms with Crippen LogP contribution in [0.2, 0.25) is 0 Å². The highest BCUT2D eigenvalue weighted by Crippen LogP contribution is 2.23. The lowest BCUT2D eigenvalue weighted by atomic mass is 10.1. The number of carbonyl (C=O) groups excluding carboxylic acids is 1. The Hall–Kier alpha value is -2.39. The molecule has 0 aliphatic carbocycles. The van der Waals surface area contributed by atoms with Gasteiger partial charge in [0.05, 0.1) is 10.9 Å². The highest BCUT2D eigenvalue weighted by Gasteiger charge is 2.16. The molecule has 2 aromatic heterocycles. The van der Waals surface area contributed by atoms with E-state index in [1.165, 1.54) is 17.4 Å². The highest BCUT2D eigenvalue weighted by atomic mass is 32.1. The number of amides is 1. The number of nitrogens with one attached hydrogen (secondary N) is 2. The molecule has 0 aliphatic rings. The zero-order valence-electron chi connectivity index (χ0n) is 13.1. The van der Waals surface area contributed by atoms with Crippen LogP contribution in [0.25, 0.3) is 10.7 Å². The van der Waals surface area contributed by atoms with E-state index in [9.17, 15) is 13.6 Å². The maximum Gasteiger partial charge on any atom is 0.240 e. The largest absolute Gasteiger partial charge is 0.348 e. The first kappa shape index (κ1) is 17.4. The molecule has 3 rings (SSSR count). The fourth-order valence-corrected chi connectivity index (χ4v) is 3.27. The molecule has 9 heteroatoms. The van der Waals surface area contributed by atoms with E-state index in [0.29, 0.717) is 16.2 Å². The van der Waals surface area contributed by atoms with Crippen molar-refractivity contribution in [2.45, 2.75) is 19.5 Å². The molecule has 0 unspecified atom stereocenters. The zero-order chi connectivity index (χ0) is 18.0. The SMILES string of the molecule is C[C@@H](NC(=O)Cn1c(-c2cccs2)n[nH]c1=S)c1ccc(F)c(F)c1. The van der Waals surface area contributed by atoms with Gasteiger partial charge in [-0.15, -0.1) is 11.3 Å². The Balaban J connectivity index is 1.74. The van der Waals surface area contributed by atoms with Crippen LogP contribution in [0.3, 0.4) is 0 Å². The van der Waals surface area contributed by atoms with E-state index in [2.05, 4.69) is 15.5 Å². The first-order valence-corrected chi connectivity index (χ1v) is 8.68. The second-order valence-corrected chi connectivity index (χ2v) is 6.71. The smallest absolute Gasteiger partial charge is 0.240 e. The van der Waals surface area contributed by atoms with Crippen molar-refractivity contribution in [3.8, 4) is 10.7 Å². The van der Waals surface area contributed by atoms with Gasteiger partial charge in [0.1, 0.15) is 6.54 Å². The Bertz CT molecular complexity index is 949. The molecular weight excluding hydrogens is 366 g/mol. The number of rotatable bonds is 5. The van der Waals surface area contributed by atoms with E-state index in [1.54, 1.807) is 11.5 Å². The summed E-state index contributed by atoms with van der Waals surface area (Å²) in [5, 5.41) is 11.5. The van der Waals surface area contributed by atoms with Crippen LogP contribution in [-0.4, -0.2) is 20.7 Å². The molecule has 0 aliphatic heterocycles. The second-order valence-electron chi connectivity index (χ2n) is 5.38. The van der Waals surface area contributed by atoms with E-state index in [-0.39, 0.29) is 12.5 Å². The molecule has 2 heterocycles. The van der Waals surface area contributed by atoms with Gasteiger partial charge in [-0.2, -0.15) is 5.10 Å². The molecule has 3 aromatic rings. The van der Waals surface area contributed by atoms with E-state index in [1.807, 2.05) is 17.5 Å². The number of benzene rings is 1. The maximum atomic E-state index is 13.3. The first-order chi connectivity index (χ1) is 12.0. The predicted molar refractivity (Wildman–Crippen MR) is 93.6 cm³/mol. The minimum atomic E-state index is -0.948.